The van der Waals surface area contributed by atoms with Crippen LogP contribution in [0.5, 0.6) is 0 Å². The lowest BCUT2D eigenvalue weighted by atomic mass is 9.96. The fourth-order valence-electron chi connectivity index (χ4n) is 11.2. The zero-order valence-electron chi connectivity index (χ0n) is 71.9. The summed E-state index contributed by atoms with van der Waals surface area (Å²) in [5, 5.41) is 64.7. The molecule has 0 aliphatic rings. The standard InChI is InChI=1S/C20H20N4O4S.C20H18N4O4S.C16H24N2O5.C11H16N2O3.C11H14O3.C9H6N2O2S.CH5NO.2ClH/c2*1-28-22-20(27)18(25)15(12-13-8-4-2-5-9-13)21-19(26)17-16(23-29-24-17)14-10-6-3-7-11-14;1-16(2,3)23-15(21)17-12(13(19)14(20)18-22-4)10-11-8-6-5-7-9-11;1-16-13-11(15)10(14)9(12)7-8-5-3-2-4-6-8;1-8(10(12)11(13)14)7-9-5-3-2-4-6-9;12-9(13)8-7(10-14-11-8)6-4-2-1-3-5-6;1-3-2;;/h2-11,15,18,25H,12H2,1H3,(H,21,26)(H,22,27);2-11,15H,12H2,1H3,(H,21,26)(H,22,27);5-9,12-13,19H,10H2,1-4H3,(H,17,21)(H,18,20);2-6,9-10,14H,7,12H2,1H3,(H,13,15);2-6,8,10,12H,7H2,1H3,(H,13,14);1-5H,(H,12,13);2H2,1H3;2*1H. The largest absolute Gasteiger partial charge is 0.479 e. The first-order chi connectivity index (χ1) is 61.4. The van der Waals surface area contributed by atoms with Crippen molar-refractivity contribution in [1.82, 2.24) is 64.1 Å². The highest BCUT2D eigenvalue weighted by Gasteiger charge is 2.34. The van der Waals surface area contributed by atoms with E-state index in [2.05, 4.69) is 83.2 Å². The second-order valence-corrected chi connectivity index (χ2v) is 29.7. The highest BCUT2D eigenvalue weighted by molar-refractivity contribution is 7.00. The molecule has 130 heavy (non-hydrogen) atoms. The van der Waals surface area contributed by atoms with Gasteiger partial charge in [-0.2, -0.15) is 26.2 Å². The molecule has 11 rings (SSSR count). The number of aromatic carboxylic acids is 1. The summed E-state index contributed by atoms with van der Waals surface area (Å²) in [6, 6.07) is 70.5. The number of benzene rings is 8. The van der Waals surface area contributed by atoms with Gasteiger partial charge in [0.15, 0.2) is 35.4 Å². The number of nitrogens with two attached hydrogens (primary N) is 2. The van der Waals surface area contributed by atoms with Gasteiger partial charge in [-0.05, 0) is 80.2 Å². The second-order valence-electron chi connectivity index (χ2n) is 28.1. The molecule has 3 heterocycles. The van der Waals surface area contributed by atoms with Gasteiger partial charge in [0.2, 0.25) is 5.78 Å². The van der Waals surface area contributed by atoms with Crippen LogP contribution in [-0.2, 0) is 89.8 Å². The van der Waals surface area contributed by atoms with E-state index in [1.165, 1.54) is 35.5 Å². The van der Waals surface area contributed by atoms with Crippen LogP contribution >= 0.6 is 60.0 Å². The Balaban J connectivity index is 0.000000408. The fraction of sp³-hybridized carbons (Fsp3) is 0.273. The number of hydrogen-bond donors (Lipinski definition) is 15. The molecule has 0 aliphatic heterocycles. The molecular weight excluding hydrogens is 1790 g/mol. The van der Waals surface area contributed by atoms with Gasteiger partial charge in [0.05, 0.1) is 82.8 Å². The number of ketones is 1. The van der Waals surface area contributed by atoms with Gasteiger partial charge in [0.1, 0.15) is 34.8 Å². The minimum absolute atomic E-state index is 0. The van der Waals surface area contributed by atoms with Crippen LogP contribution in [0.15, 0.2) is 243 Å². The summed E-state index contributed by atoms with van der Waals surface area (Å²) in [6.07, 6.45) is -4.62. The van der Waals surface area contributed by atoms with Gasteiger partial charge in [-0.1, -0.05) is 250 Å². The van der Waals surface area contributed by atoms with E-state index in [0.29, 0.717) is 29.9 Å². The number of alkyl carbamates (subject to hydrolysis) is 1. The Kier molecular flexibility index (Phi) is 52.2. The third-order valence-electron chi connectivity index (χ3n) is 17.3. The fourth-order valence-corrected chi connectivity index (χ4v) is 12.9. The summed E-state index contributed by atoms with van der Waals surface area (Å²) in [5.74, 6) is -3.15. The van der Waals surface area contributed by atoms with E-state index < -0.39 is 113 Å². The van der Waals surface area contributed by atoms with Gasteiger partial charge in [-0.15, -0.1) is 24.8 Å². The highest BCUT2D eigenvalue weighted by Crippen LogP contribution is 2.26. The average Bonchev–Trinajstić information content (AvgIpc) is 1.66. The highest BCUT2D eigenvalue weighted by atomic mass is 35.5. The summed E-state index contributed by atoms with van der Waals surface area (Å²) < 4.78 is 29.4. The topological polar surface area (TPSA) is 561 Å². The van der Waals surface area contributed by atoms with Gasteiger partial charge >= 0.3 is 23.9 Å². The molecule has 3 aromatic heterocycles. The maximum absolute atomic E-state index is 12.9. The zero-order chi connectivity index (χ0) is 93.9. The number of amides is 7. The lowest BCUT2D eigenvalue weighted by Gasteiger charge is -2.26. The average molecular weight is 1890 g/mol. The van der Waals surface area contributed by atoms with Gasteiger partial charge in [0, 0.05) is 29.2 Å². The number of carbonyl (C=O) groups is 10. The summed E-state index contributed by atoms with van der Waals surface area (Å²) in [7, 11) is 6.46. The van der Waals surface area contributed by atoms with Crippen molar-refractivity contribution in [2.24, 2.45) is 17.5 Å². The third kappa shape index (κ3) is 39.9. The number of aliphatic hydroxyl groups is 4. The quantitative estimate of drug-likeness (QED) is 0.0138. The van der Waals surface area contributed by atoms with Gasteiger partial charge in [0.25, 0.3) is 29.5 Å². The second kappa shape index (κ2) is 60.9. The van der Waals surface area contributed by atoms with Crippen molar-refractivity contribution in [2.45, 2.75) is 114 Å². The number of Topliss-reactive ketones (excluding diaryl/α,β-unsaturated/α-hetero) is 1. The molecule has 0 saturated heterocycles. The number of rotatable bonds is 33. The third-order valence-corrected chi connectivity index (χ3v) is 18.9. The number of aliphatic hydroxyl groups excluding tert-OH is 4. The van der Waals surface area contributed by atoms with Crippen molar-refractivity contribution in [1.29, 1.82) is 0 Å². The summed E-state index contributed by atoms with van der Waals surface area (Å²) in [6.45, 7) is 6.91. The molecule has 11 aromatic rings. The van der Waals surface area contributed by atoms with Gasteiger partial charge in [-0.3, -0.25) is 52.9 Å². The first kappa shape index (κ1) is 111. The Labute approximate surface area is 774 Å². The number of hydroxylamine groups is 4. The number of carboxylic acids is 2. The molecule has 9 atom stereocenters. The van der Waals surface area contributed by atoms with Crippen LogP contribution in [0.2, 0.25) is 0 Å². The van der Waals surface area contributed by atoms with Crippen LogP contribution in [0, 0.1) is 5.92 Å². The molecule has 0 fully saturated rings. The lowest BCUT2D eigenvalue weighted by Crippen LogP contribution is -2.52. The summed E-state index contributed by atoms with van der Waals surface area (Å²) in [5.41, 5.74) is 21.5. The number of carboxylic acid groups (broad SMARTS) is 2. The maximum atomic E-state index is 12.9. The Bertz CT molecular complexity index is 5150. The molecule has 0 saturated carbocycles. The first-order valence-corrected chi connectivity index (χ1v) is 41.0. The van der Waals surface area contributed by atoms with E-state index in [4.69, 9.17) is 20.7 Å². The molecule has 9 unspecified atom stereocenters. The van der Waals surface area contributed by atoms with Crippen molar-refractivity contribution in [3.8, 4) is 33.8 Å². The zero-order valence-corrected chi connectivity index (χ0v) is 76.0. The Morgan fingerprint density at radius 2 is 0.677 bits per heavy atom. The molecule has 37 nitrogen and oxygen atoms in total. The van der Waals surface area contributed by atoms with Crippen molar-refractivity contribution >= 4 is 119 Å². The Morgan fingerprint density at radius 1 is 0.385 bits per heavy atom. The number of nitrogens with zero attached hydrogens (tertiary/aromatic N) is 6. The minimum atomic E-state index is -1.52. The van der Waals surface area contributed by atoms with E-state index in [0.717, 1.165) is 79.7 Å². The molecule has 0 spiro atoms. The van der Waals surface area contributed by atoms with Gasteiger partial charge < -0.3 is 61.9 Å². The lowest BCUT2D eigenvalue weighted by molar-refractivity contribution is -0.149. The molecule has 17 N–H and O–H groups in total. The van der Waals surface area contributed by atoms with Crippen LogP contribution < -0.4 is 49.5 Å². The smallest absolute Gasteiger partial charge is 0.407 e. The van der Waals surface area contributed by atoms with E-state index in [9.17, 15) is 68.4 Å². The molecule has 0 aliphatic carbocycles. The normalized spacial score (nSPS) is 12.4. The number of ether oxygens (including phenoxy) is 1. The van der Waals surface area contributed by atoms with Crippen molar-refractivity contribution in [3.63, 3.8) is 0 Å². The molecule has 8 aromatic carbocycles. The number of aliphatic carboxylic acids is 1. The molecule has 7 amide bonds. The van der Waals surface area contributed by atoms with Crippen LogP contribution in [-0.4, -0.2) is 206 Å². The van der Waals surface area contributed by atoms with Crippen molar-refractivity contribution in [2.75, 3.05) is 35.5 Å². The van der Waals surface area contributed by atoms with Crippen molar-refractivity contribution in [3.05, 3.63) is 288 Å². The van der Waals surface area contributed by atoms with Crippen LogP contribution in [0.25, 0.3) is 33.8 Å². The number of hydrogen-bond acceptors (Lipinski definition) is 31. The van der Waals surface area contributed by atoms with Gasteiger partial charge in [-0.25, -0.2) is 42.2 Å². The van der Waals surface area contributed by atoms with Crippen LogP contribution in [0.3, 0.4) is 0 Å². The summed E-state index contributed by atoms with van der Waals surface area (Å²) in [4.78, 5) is 140. The number of aromatic nitrogens is 6. The Morgan fingerprint density at radius 3 is 1.01 bits per heavy atom. The first-order valence-electron chi connectivity index (χ1n) is 38.9. The molecule has 42 heteroatoms. The maximum Gasteiger partial charge on any atom is 0.407 e. The molecule has 0 bridgehead atoms. The minimum Gasteiger partial charge on any atom is -0.479 e. The molecular formula is C88H105Cl2N15O22S3. The monoisotopic (exact) mass is 1890 g/mol. The van der Waals surface area contributed by atoms with E-state index >= 15 is 0 Å². The van der Waals surface area contributed by atoms with Crippen LogP contribution in [0.1, 0.15) is 87.0 Å². The predicted molar refractivity (Wildman–Crippen MR) is 489 cm³/mol. The summed E-state index contributed by atoms with van der Waals surface area (Å²) >= 11 is 2.73. The predicted octanol–water partition coefficient (Wildman–Crippen LogP) is 7.70. The molecule has 696 valence electrons. The van der Waals surface area contributed by atoms with Crippen LogP contribution in [0.4, 0.5) is 4.79 Å². The van der Waals surface area contributed by atoms with E-state index in [1.54, 1.807) is 39.8 Å². The number of halogens is 2. The molecule has 0 radical (unpaired) electrons. The van der Waals surface area contributed by atoms with E-state index in [-0.39, 0.29) is 67.1 Å². The SMILES string of the molecule is CC(Cc1ccccc1)C(O)C(=O)O.CON.CONC(=O)C(=O)C(Cc1ccccc1)NC(=O)c1nsnc1-c1ccccc1.CONC(=O)C(O)C(Cc1ccccc1)NC(=O)OC(C)(C)C.CONC(=O)C(O)C(Cc1ccccc1)NC(=O)c1nsnc1-c1ccccc1.CONC(=O)C(O)C(N)Cc1ccccc1.Cl.Cl.O=C(O)c1nsnc1-c1ccccc1. The van der Waals surface area contributed by atoms with E-state index in [1.807, 2.05) is 241 Å². The van der Waals surface area contributed by atoms with Crippen molar-refractivity contribution < 1.29 is 108 Å². The Hall–Kier alpha value is -12.7. The number of nitrogens with one attached hydrogen (secondary N) is 7. The number of carbonyl (C=O) groups excluding carboxylic acids is 8.